The SMILES string of the molecule is CC(=O)C=C(C)O.CC(=O)C=C(C)O.CC(=O)C=C(C)O.Cc1[c-]c(-c2cc3c(cn2)oc2ccccc23)cc(C)c1.Cc1[c-]c(-c2ccc3c(n2)oc2ccccc23)cc(C)c1.Cc1[c-]c(-c2nccc3c2oc2ccccc23)cc(C)c1.[Ir].[Ir].[Ir]. The Balaban J connectivity index is 0.000000237. The van der Waals surface area contributed by atoms with Crippen LogP contribution in [0.2, 0.25) is 0 Å². The first-order valence-electron chi connectivity index (χ1n) is 27.0. The summed E-state index contributed by atoms with van der Waals surface area (Å²) in [7, 11) is 0. The van der Waals surface area contributed by atoms with E-state index < -0.39 is 0 Å². The maximum atomic E-state index is 10.0. The molecule has 12 aromatic rings. The average molecular weight is 1690 g/mol. The topological polar surface area (TPSA) is 190 Å². The van der Waals surface area contributed by atoms with Gasteiger partial charge in [-0.2, -0.15) is 0 Å². The van der Waals surface area contributed by atoms with Gasteiger partial charge < -0.3 is 38.5 Å². The largest absolute Gasteiger partial charge is 0.512 e. The summed E-state index contributed by atoms with van der Waals surface area (Å²) in [4.78, 5) is 43.8. The summed E-state index contributed by atoms with van der Waals surface area (Å²) >= 11 is 0. The Kier molecular flexibility index (Phi) is 27.0. The number of ketones is 3. The second-order valence-corrected chi connectivity index (χ2v) is 20.4. The number of pyridine rings is 3. The number of rotatable bonds is 6. The monoisotopic (exact) mass is 1700 g/mol. The van der Waals surface area contributed by atoms with E-state index in [0.717, 1.165) is 111 Å². The molecule has 0 atom stereocenters. The molecule has 6 aromatic carbocycles. The number of aromatic nitrogens is 3. The molecule has 0 aliphatic rings. The van der Waals surface area contributed by atoms with Crippen LogP contribution in [0.4, 0.5) is 0 Å². The third kappa shape index (κ3) is 20.2. The van der Waals surface area contributed by atoms with E-state index in [1.54, 1.807) is 6.20 Å². The molecule has 0 bridgehead atoms. The molecule has 6 aromatic heterocycles. The van der Waals surface area contributed by atoms with Crippen LogP contribution in [-0.4, -0.2) is 47.6 Å². The van der Waals surface area contributed by atoms with Gasteiger partial charge in [0.25, 0.3) is 0 Å². The summed E-state index contributed by atoms with van der Waals surface area (Å²) in [6, 6.07) is 55.2. The second kappa shape index (κ2) is 33.0. The molecule has 3 N–H and O–H groups in total. The van der Waals surface area contributed by atoms with Crippen LogP contribution in [0.5, 0.6) is 0 Å². The van der Waals surface area contributed by atoms with Crippen molar-refractivity contribution in [2.45, 2.75) is 83.1 Å². The number of fused-ring (bicyclic) bond motifs is 9. The van der Waals surface area contributed by atoms with Crippen molar-refractivity contribution in [3.05, 3.63) is 233 Å². The van der Waals surface area contributed by atoms with Gasteiger partial charge in [0.15, 0.2) is 22.9 Å². The second-order valence-electron chi connectivity index (χ2n) is 20.4. The number of allylic oxidation sites excluding steroid dienone is 6. The zero-order valence-corrected chi connectivity index (χ0v) is 57.4. The maximum absolute atomic E-state index is 10.0. The molecule has 3 radical (unpaired) electrons. The molecule has 12 nitrogen and oxygen atoms in total. The first kappa shape index (κ1) is 71.2. The predicted octanol–water partition coefficient (Wildman–Crippen LogP) is 18.3. The van der Waals surface area contributed by atoms with Crippen LogP contribution >= 0.6 is 0 Å². The summed E-state index contributed by atoms with van der Waals surface area (Å²) in [5, 5.41) is 31.7. The van der Waals surface area contributed by atoms with Gasteiger partial charge in [-0.15, -0.1) is 105 Å². The van der Waals surface area contributed by atoms with E-state index in [1.807, 2.05) is 72.9 Å². The number of aliphatic hydroxyl groups is 3. The van der Waals surface area contributed by atoms with Gasteiger partial charge in [0.2, 0.25) is 5.71 Å². The van der Waals surface area contributed by atoms with Crippen LogP contribution in [0, 0.1) is 59.7 Å². The molecule has 0 aliphatic carbocycles. The minimum atomic E-state index is -0.125. The number of para-hydroxylation sites is 3. The maximum Gasteiger partial charge on any atom is 0.218 e. The molecule has 0 saturated carbocycles. The average Bonchev–Trinajstić information content (AvgIpc) is 3.57. The number of carbonyl (C=O) groups is 3. The van der Waals surface area contributed by atoms with Crippen LogP contribution < -0.4 is 0 Å². The predicted molar refractivity (Wildman–Crippen MR) is 337 cm³/mol. The van der Waals surface area contributed by atoms with Gasteiger partial charge in [-0.3, -0.25) is 19.4 Å². The third-order valence-corrected chi connectivity index (χ3v) is 12.3. The normalized spacial score (nSPS) is 11.0. The van der Waals surface area contributed by atoms with Gasteiger partial charge in [0, 0.05) is 123 Å². The summed E-state index contributed by atoms with van der Waals surface area (Å²) < 4.78 is 17.7. The van der Waals surface area contributed by atoms with E-state index >= 15 is 0 Å². The number of aryl methyl sites for hydroxylation is 6. The Hall–Kier alpha value is -8.25. The van der Waals surface area contributed by atoms with Crippen molar-refractivity contribution in [3.8, 4) is 33.8 Å². The van der Waals surface area contributed by atoms with Gasteiger partial charge in [-0.05, 0) is 77.2 Å². The first-order valence-corrected chi connectivity index (χ1v) is 27.0. The molecule has 0 unspecified atom stereocenters. The number of aliphatic hydroxyl groups excluding tert-OH is 3. The molecule has 0 saturated heterocycles. The minimum absolute atomic E-state index is 0. The molecule has 0 amide bonds. The molecule has 6 heterocycles. The van der Waals surface area contributed by atoms with Crippen LogP contribution in [0.1, 0.15) is 74.9 Å². The fourth-order valence-electron chi connectivity index (χ4n) is 9.35. The summed E-state index contributed by atoms with van der Waals surface area (Å²) in [5.41, 5.74) is 17.7. The van der Waals surface area contributed by atoms with Crippen molar-refractivity contribution < 1.29 is 103 Å². The number of hydrogen-bond acceptors (Lipinski definition) is 12. The number of furan rings is 3. The van der Waals surface area contributed by atoms with Crippen LogP contribution in [0.3, 0.4) is 0 Å². The smallest absolute Gasteiger partial charge is 0.218 e. The van der Waals surface area contributed by atoms with Crippen LogP contribution in [0.25, 0.3) is 99.7 Å². The van der Waals surface area contributed by atoms with Crippen molar-refractivity contribution in [2.75, 3.05) is 0 Å². The molecule has 87 heavy (non-hydrogen) atoms. The van der Waals surface area contributed by atoms with Crippen molar-refractivity contribution in [2.24, 2.45) is 0 Å². The number of carbonyl (C=O) groups excluding carboxylic acids is 3. The number of benzene rings is 6. The summed E-state index contributed by atoms with van der Waals surface area (Å²) in [6.07, 6.45) is 7.14. The molecular formula is C72H66Ir3N3O9-3. The van der Waals surface area contributed by atoms with Crippen LogP contribution in [0.15, 0.2) is 195 Å². The van der Waals surface area contributed by atoms with Gasteiger partial charge in [0.05, 0.1) is 23.5 Å². The summed E-state index contributed by atoms with van der Waals surface area (Å²) in [5.74, 6) is -0.187. The molecule has 0 fully saturated rings. The third-order valence-electron chi connectivity index (χ3n) is 12.3. The van der Waals surface area contributed by atoms with Gasteiger partial charge in [-0.1, -0.05) is 114 Å². The zero-order chi connectivity index (χ0) is 60.8. The number of nitrogens with zero attached hydrogens (tertiary/aromatic N) is 3. The summed E-state index contributed by atoms with van der Waals surface area (Å²) in [6.45, 7) is 21.0. The first-order chi connectivity index (χ1) is 40.0. The van der Waals surface area contributed by atoms with E-state index in [0.29, 0.717) is 5.71 Å². The van der Waals surface area contributed by atoms with Gasteiger partial charge >= 0.3 is 0 Å². The molecule has 0 aliphatic heterocycles. The van der Waals surface area contributed by atoms with Crippen molar-refractivity contribution in [1.29, 1.82) is 0 Å². The molecule has 15 heteroatoms. The van der Waals surface area contributed by atoms with Crippen molar-refractivity contribution in [3.63, 3.8) is 0 Å². The van der Waals surface area contributed by atoms with Crippen molar-refractivity contribution >= 4 is 83.3 Å². The van der Waals surface area contributed by atoms with Gasteiger partial charge in [-0.25, -0.2) is 0 Å². The molecular weight excluding hydrogens is 1630 g/mol. The molecule has 12 rings (SSSR count). The Morgan fingerprint density at radius 2 is 0.828 bits per heavy atom. The van der Waals surface area contributed by atoms with E-state index in [-0.39, 0.29) is 94.9 Å². The quantitative estimate of drug-likeness (QED) is 0.0813. The van der Waals surface area contributed by atoms with E-state index in [9.17, 15) is 14.4 Å². The van der Waals surface area contributed by atoms with E-state index in [2.05, 4.69) is 141 Å². The van der Waals surface area contributed by atoms with Crippen molar-refractivity contribution in [1.82, 2.24) is 15.0 Å². The van der Waals surface area contributed by atoms with E-state index in [4.69, 9.17) is 28.6 Å². The molecule has 453 valence electrons. The minimum Gasteiger partial charge on any atom is -0.512 e. The Labute approximate surface area is 547 Å². The van der Waals surface area contributed by atoms with Crippen LogP contribution in [-0.2, 0) is 74.7 Å². The number of hydrogen-bond donors (Lipinski definition) is 3. The Morgan fingerprint density at radius 3 is 1.29 bits per heavy atom. The Bertz CT molecular complexity index is 4320. The molecule has 0 spiro atoms. The zero-order valence-electron chi connectivity index (χ0n) is 50.2. The fourth-order valence-corrected chi connectivity index (χ4v) is 9.35. The van der Waals surface area contributed by atoms with E-state index in [1.165, 1.54) is 76.5 Å². The van der Waals surface area contributed by atoms with Gasteiger partial charge in [0.1, 0.15) is 22.3 Å². The standard InChI is InChI=1S/3C19H14NO.3C5H8O2.3Ir/c1-12-7-13(2)9-14(8-12)17-10-16-15-5-3-4-6-18(15)21-19(16)11-20-17;1-12-9-13(2)11-14(10-12)17-8-7-16-15-5-3-4-6-18(15)21-19(16)20-17;1-12-9-13(2)11-14(10-12)18-19-16(7-8-20-18)15-5-3-4-6-17(15)21-19;3*1-4(6)3-5(2)7;;;/h3-8,10-11H,1-2H3;2*3-10H,1-2H3;3*3,6H,1-2H3;;;/q3*-1;;;;;;. The Morgan fingerprint density at radius 1 is 0.414 bits per heavy atom. The fraction of sp³-hybridized carbons (Fsp3) is 0.167.